The van der Waals surface area contributed by atoms with Gasteiger partial charge in [-0.05, 0) is 55.6 Å². The SMILES string of the molecule is O=C(N[C@H]1CN2CCC1CC2)c1ccc(-c2nnc(Cl)s2)s1. The van der Waals surface area contributed by atoms with Crippen molar-refractivity contribution in [3.05, 3.63) is 21.5 Å². The van der Waals surface area contributed by atoms with E-state index in [0.29, 0.717) is 10.4 Å². The quantitative estimate of drug-likeness (QED) is 0.920. The van der Waals surface area contributed by atoms with E-state index in [4.69, 9.17) is 11.6 Å². The van der Waals surface area contributed by atoms with Crippen LogP contribution < -0.4 is 5.32 Å². The Kier molecular flexibility index (Phi) is 3.89. The van der Waals surface area contributed by atoms with E-state index in [9.17, 15) is 4.79 Å². The number of piperidine rings is 3. The van der Waals surface area contributed by atoms with Gasteiger partial charge in [-0.3, -0.25) is 4.79 Å². The maximum Gasteiger partial charge on any atom is 0.261 e. The fourth-order valence-corrected chi connectivity index (χ4v) is 5.04. The van der Waals surface area contributed by atoms with E-state index in [0.717, 1.165) is 21.3 Å². The van der Waals surface area contributed by atoms with E-state index in [-0.39, 0.29) is 11.9 Å². The first-order chi connectivity index (χ1) is 10.7. The third-order valence-corrected chi connectivity index (χ3v) is 6.69. The molecule has 2 aromatic rings. The van der Waals surface area contributed by atoms with Crippen LogP contribution in [0.2, 0.25) is 4.47 Å². The number of hydrogen-bond acceptors (Lipinski definition) is 6. The average molecular weight is 355 g/mol. The molecule has 0 unspecified atom stereocenters. The Labute approximate surface area is 141 Å². The fourth-order valence-electron chi connectivity index (χ4n) is 3.25. The molecule has 5 rings (SSSR count). The maximum atomic E-state index is 12.5. The predicted molar refractivity (Wildman–Crippen MR) is 88.7 cm³/mol. The second-order valence-corrected chi connectivity index (χ2v) is 8.39. The molecule has 0 spiro atoms. The summed E-state index contributed by atoms with van der Waals surface area (Å²) in [6.07, 6.45) is 2.40. The molecule has 3 saturated heterocycles. The summed E-state index contributed by atoms with van der Waals surface area (Å²) in [6, 6.07) is 4.05. The minimum Gasteiger partial charge on any atom is -0.347 e. The molecule has 3 fully saturated rings. The number of nitrogens with one attached hydrogen (secondary N) is 1. The molecule has 22 heavy (non-hydrogen) atoms. The lowest BCUT2D eigenvalue weighted by atomic mass is 9.84. The number of halogens is 1. The lowest BCUT2D eigenvalue weighted by molar-refractivity contribution is 0.0622. The topological polar surface area (TPSA) is 58.1 Å². The van der Waals surface area contributed by atoms with Crippen molar-refractivity contribution < 1.29 is 4.79 Å². The molecular formula is C14H15ClN4OS2. The highest BCUT2D eigenvalue weighted by atomic mass is 35.5. The van der Waals surface area contributed by atoms with Crippen LogP contribution in [0.4, 0.5) is 0 Å². The fraction of sp³-hybridized carbons (Fsp3) is 0.500. The maximum absolute atomic E-state index is 12.5. The van der Waals surface area contributed by atoms with Crippen molar-refractivity contribution in [2.45, 2.75) is 18.9 Å². The van der Waals surface area contributed by atoms with Crippen molar-refractivity contribution in [1.29, 1.82) is 0 Å². The lowest BCUT2D eigenvalue weighted by Crippen LogP contribution is -2.57. The van der Waals surface area contributed by atoms with Crippen LogP contribution in [0.1, 0.15) is 22.5 Å². The molecule has 116 valence electrons. The van der Waals surface area contributed by atoms with Gasteiger partial charge in [0.1, 0.15) is 0 Å². The van der Waals surface area contributed by atoms with Crippen LogP contribution in [-0.4, -0.2) is 46.7 Å². The number of aromatic nitrogens is 2. The molecule has 0 aromatic carbocycles. The molecule has 5 nitrogen and oxygen atoms in total. The highest BCUT2D eigenvalue weighted by Crippen LogP contribution is 2.32. The summed E-state index contributed by atoms with van der Waals surface area (Å²) >= 11 is 8.58. The van der Waals surface area contributed by atoms with Gasteiger partial charge in [0.05, 0.1) is 9.75 Å². The molecule has 3 aliphatic heterocycles. The zero-order chi connectivity index (χ0) is 15.1. The highest BCUT2D eigenvalue weighted by molar-refractivity contribution is 7.24. The normalized spacial score (nSPS) is 27.0. The number of rotatable bonds is 3. The summed E-state index contributed by atoms with van der Waals surface area (Å²) in [7, 11) is 0. The lowest BCUT2D eigenvalue weighted by Gasteiger charge is -2.44. The number of hydrogen-bond donors (Lipinski definition) is 1. The smallest absolute Gasteiger partial charge is 0.261 e. The Hall–Kier alpha value is -1.02. The minimum absolute atomic E-state index is 0.0191. The van der Waals surface area contributed by atoms with Crippen molar-refractivity contribution in [1.82, 2.24) is 20.4 Å². The van der Waals surface area contributed by atoms with E-state index in [2.05, 4.69) is 20.4 Å². The molecule has 1 atom stereocenters. The first kappa shape index (κ1) is 14.6. The van der Waals surface area contributed by atoms with Gasteiger partial charge in [0, 0.05) is 12.6 Å². The van der Waals surface area contributed by atoms with E-state index in [1.807, 2.05) is 12.1 Å². The van der Waals surface area contributed by atoms with E-state index in [1.54, 1.807) is 0 Å². The van der Waals surface area contributed by atoms with Crippen LogP contribution in [0.5, 0.6) is 0 Å². The molecule has 0 radical (unpaired) electrons. The van der Waals surface area contributed by atoms with Gasteiger partial charge in [-0.25, -0.2) is 0 Å². The Morgan fingerprint density at radius 1 is 1.27 bits per heavy atom. The third kappa shape index (κ3) is 2.78. The van der Waals surface area contributed by atoms with Gasteiger partial charge in [-0.2, -0.15) is 0 Å². The molecular weight excluding hydrogens is 340 g/mol. The number of amides is 1. The molecule has 8 heteroatoms. The van der Waals surface area contributed by atoms with Crippen molar-refractivity contribution in [2.24, 2.45) is 5.92 Å². The van der Waals surface area contributed by atoms with E-state index >= 15 is 0 Å². The van der Waals surface area contributed by atoms with Crippen LogP contribution in [0.15, 0.2) is 12.1 Å². The van der Waals surface area contributed by atoms with Crippen molar-refractivity contribution in [3.8, 4) is 9.88 Å². The van der Waals surface area contributed by atoms with Crippen molar-refractivity contribution in [3.63, 3.8) is 0 Å². The average Bonchev–Trinajstić information content (AvgIpc) is 3.17. The summed E-state index contributed by atoms with van der Waals surface area (Å²) < 4.78 is 0.418. The summed E-state index contributed by atoms with van der Waals surface area (Å²) in [6.45, 7) is 3.34. The van der Waals surface area contributed by atoms with Gasteiger partial charge >= 0.3 is 0 Å². The summed E-state index contributed by atoms with van der Waals surface area (Å²) in [4.78, 5) is 16.6. The molecule has 5 heterocycles. The van der Waals surface area contributed by atoms with Gasteiger partial charge in [-0.1, -0.05) is 11.3 Å². The van der Waals surface area contributed by atoms with Crippen LogP contribution in [0.3, 0.4) is 0 Å². The van der Waals surface area contributed by atoms with E-state index < -0.39 is 0 Å². The number of fused-ring (bicyclic) bond motifs is 3. The standard InChI is InChI=1S/C14H15ClN4OS2/c15-14-18-17-13(22-14)11-2-1-10(21-11)12(20)16-9-7-19-5-3-8(9)4-6-19/h1-2,8-9H,3-7H2,(H,16,20)/t9-/m0/s1. The zero-order valence-electron chi connectivity index (χ0n) is 11.8. The minimum atomic E-state index is 0.0191. The Bertz CT molecular complexity index is 693. The van der Waals surface area contributed by atoms with Crippen LogP contribution in [0.25, 0.3) is 9.88 Å². The Morgan fingerprint density at radius 2 is 2.09 bits per heavy atom. The predicted octanol–water partition coefficient (Wildman–Crippen LogP) is 2.74. The third-order valence-electron chi connectivity index (χ3n) is 4.41. The van der Waals surface area contributed by atoms with Crippen molar-refractivity contribution in [2.75, 3.05) is 19.6 Å². The first-order valence-electron chi connectivity index (χ1n) is 7.31. The zero-order valence-corrected chi connectivity index (χ0v) is 14.2. The van der Waals surface area contributed by atoms with Gasteiger partial charge in [-0.15, -0.1) is 21.5 Å². The second kappa shape index (κ2) is 5.88. The Morgan fingerprint density at radius 3 is 2.73 bits per heavy atom. The van der Waals surface area contributed by atoms with Gasteiger partial charge in [0.25, 0.3) is 5.91 Å². The molecule has 2 aromatic heterocycles. The Balaban J connectivity index is 1.46. The van der Waals surface area contributed by atoms with Gasteiger partial charge < -0.3 is 10.2 Å². The van der Waals surface area contributed by atoms with Crippen molar-refractivity contribution >= 4 is 40.2 Å². The molecule has 2 bridgehead atoms. The highest BCUT2D eigenvalue weighted by Gasteiger charge is 2.35. The summed E-state index contributed by atoms with van der Waals surface area (Å²) in [5.74, 6) is 0.654. The number of carbonyl (C=O) groups is 1. The van der Waals surface area contributed by atoms with Gasteiger partial charge in [0.2, 0.25) is 4.47 Å². The number of nitrogens with zero attached hydrogens (tertiary/aromatic N) is 3. The monoisotopic (exact) mass is 354 g/mol. The second-order valence-electron chi connectivity index (χ2n) is 5.74. The molecule has 0 saturated carbocycles. The van der Waals surface area contributed by atoms with Crippen LogP contribution >= 0.6 is 34.3 Å². The largest absolute Gasteiger partial charge is 0.347 e. The summed E-state index contributed by atoms with van der Waals surface area (Å²) in [5, 5.41) is 11.8. The van der Waals surface area contributed by atoms with E-state index in [1.165, 1.54) is 48.6 Å². The molecule has 1 amide bonds. The summed E-state index contributed by atoms with van der Waals surface area (Å²) in [5.41, 5.74) is 0. The van der Waals surface area contributed by atoms with Gasteiger partial charge in [0.15, 0.2) is 5.01 Å². The first-order valence-corrected chi connectivity index (χ1v) is 9.32. The number of carbonyl (C=O) groups excluding carboxylic acids is 1. The molecule has 0 aliphatic carbocycles. The number of thiophene rings is 1. The molecule has 3 aliphatic rings. The van der Waals surface area contributed by atoms with Crippen LogP contribution in [0, 0.1) is 5.92 Å². The van der Waals surface area contributed by atoms with Crippen LogP contribution in [-0.2, 0) is 0 Å². The molecule has 1 N–H and O–H groups in total.